The standard InChI is InChI=1S/C34H44ClF3N8O5/c1-21-9-12-46(42-21)24-17-22(35)7-8-23(24)28(34(36,37)38)50-27-18-26(40-30(39)41-27)44-13-10-33(11-14-44)19-25(29(47)49-16-15-43(5)6)45(20-33)31(48)51-32(2,3)4/h7-9,12,17-18,25,28H,10-11,13-16,19-20H2,1-6H3,(H2,39,40,41)/t25?,28-/m1/s1. The van der Waals surface area contributed by atoms with Gasteiger partial charge in [-0.15, -0.1) is 0 Å². The predicted molar refractivity (Wildman–Crippen MR) is 184 cm³/mol. The molecule has 2 aromatic heterocycles. The molecule has 0 aliphatic carbocycles. The first-order valence-electron chi connectivity index (χ1n) is 16.6. The number of carbonyl (C=O) groups is 2. The fraction of sp³-hybridized carbons (Fsp3) is 0.559. The van der Waals surface area contributed by atoms with Crippen LogP contribution in [0.2, 0.25) is 5.02 Å². The highest BCUT2D eigenvalue weighted by Crippen LogP contribution is 2.45. The number of alkyl halides is 3. The minimum atomic E-state index is -4.85. The number of nitrogens with zero attached hydrogens (tertiary/aromatic N) is 7. The number of hydrogen-bond donors (Lipinski definition) is 1. The summed E-state index contributed by atoms with van der Waals surface area (Å²) in [5, 5.41) is 4.49. The second-order valence-electron chi connectivity index (χ2n) is 14.4. The van der Waals surface area contributed by atoms with Crippen LogP contribution in [0.1, 0.15) is 57.4 Å². The highest BCUT2D eigenvalue weighted by Gasteiger charge is 2.52. The zero-order valence-corrected chi connectivity index (χ0v) is 30.3. The van der Waals surface area contributed by atoms with Gasteiger partial charge in [-0.1, -0.05) is 17.7 Å². The number of ether oxygens (including phenoxy) is 3. The van der Waals surface area contributed by atoms with E-state index in [1.807, 2.05) is 23.9 Å². The lowest BCUT2D eigenvalue weighted by atomic mass is 9.76. The van der Waals surface area contributed by atoms with Crippen molar-refractivity contribution in [3.63, 3.8) is 0 Å². The number of benzene rings is 1. The number of nitrogens with two attached hydrogens (primary N) is 1. The molecule has 2 N–H and O–H groups in total. The van der Waals surface area contributed by atoms with Crippen LogP contribution in [0.3, 0.4) is 0 Å². The van der Waals surface area contributed by atoms with Crippen molar-refractivity contribution in [1.82, 2.24) is 29.5 Å². The van der Waals surface area contributed by atoms with Crippen LogP contribution in [0, 0.1) is 12.3 Å². The van der Waals surface area contributed by atoms with E-state index < -0.39 is 41.4 Å². The third-order valence-electron chi connectivity index (χ3n) is 8.83. The summed E-state index contributed by atoms with van der Waals surface area (Å²) in [7, 11) is 3.74. The van der Waals surface area contributed by atoms with Crippen molar-refractivity contribution in [3.8, 4) is 11.6 Å². The number of anilines is 2. The van der Waals surface area contributed by atoms with Gasteiger partial charge in [0.15, 0.2) is 0 Å². The number of halogens is 4. The molecule has 278 valence electrons. The van der Waals surface area contributed by atoms with E-state index in [0.29, 0.717) is 44.6 Å². The number of likely N-dealkylation sites (N-methyl/N-ethyl adjacent to an activating group) is 1. The Morgan fingerprint density at radius 1 is 1.12 bits per heavy atom. The number of amides is 1. The molecule has 1 spiro atoms. The summed E-state index contributed by atoms with van der Waals surface area (Å²) in [6.07, 6.45) is -4.86. The molecule has 3 aromatic rings. The largest absolute Gasteiger partial charge is 0.463 e. The zero-order chi connectivity index (χ0) is 37.3. The van der Waals surface area contributed by atoms with Gasteiger partial charge in [0, 0.05) is 49.0 Å². The summed E-state index contributed by atoms with van der Waals surface area (Å²) in [6.45, 7) is 8.84. The number of aromatic nitrogens is 4. The van der Waals surface area contributed by atoms with Crippen molar-refractivity contribution < 1.29 is 37.0 Å². The number of hydrogen-bond acceptors (Lipinski definition) is 11. The highest BCUT2D eigenvalue weighted by atomic mass is 35.5. The molecule has 5 rings (SSSR count). The molecule has 2 aliphatic heterocycles. The Balaban J connectivity index is 1.35. The first kappa shape index (κ1) is 37.9. The van der Waals surface area contributed by atoms with Crippen molar-refractivity contribution in [2.45, 2.75) is 70.9 Å². The van der Waals surface area contributed by atoms with Gasteiger partial charge in [0.1, 0.15) is 24.1 Å². The molecule has 17 heteroatoms. The topological polar surface area (TPSA) is 141 Å². The Hall–Kier alpha value is -4.31. The Morgan fingerprint density at radius 2 is 1.82 bits per heavy atom. The first-order chi connectivity index (χ1) is 23.8. The fourth-order valence-electron chi connectivity index (χ4n) is 6.34. The minimum absolute atomic E-state index is 0.0957. The smallest absolute Gasteiger partial charge is 0.429 e. The van der Waals surface area contributed by atoms with Crippen LogP contribution in [-0.2, 0) is 14.3 Å². The van der Waals surface area contributed by atoms with E-state index in [1.165, 1.54) is 40.0 Å². The van der Waals surface area contributed by atoms with Crippen LogP contribution < -0.4 is 15.4 Å². The number of aryl methyl sites for hydroxylation is 1. The van der Waals surface area contributed by atoms with Gasteiger partial charge in [-0.3, -0.25) is 4.90 Å². The van der Waals surface area contributed by atoms with Crippen molar-refractivity contribution in [1.29, 1.82) is 0 Å². The van der Waals surface area contributed by atoms with E-state index in [9.17, 15) is 22.8 Å². The molecule has 0 radical (unpaired) electrons. The van der Waals surface area contributed by atoms with Crippen molar-refractivity contribution in [2.24, 2.45) is 5.41 Å². The van der Waals surface area contributed by atoms with Crippen LogP contribution in [0.15, 0.2) is 36.5 Å². The summed E-state index contributed by atoms with van der Waals surface area (Å²) >= 11 is 6.17. The van der Waals surface area contributed by atoms with Gasteiger partial charge in [0.05, 0.1) is 11.4 Å². The molecule has 2 aliphatic rings. The third-order valence-corrected chi connectivity index (χ3v) is 9.06. The Labute approximate surface area is 299 Å². The van der Waals surface area contributed by atoms with Crippen molar-refractivity contribution in [3.05, 3.63) is 52.8 Å². The maximum atomic E-state index is 14.6. The Bertz CT molecular complexity index is 1720. The molecule has 0 saturated carbocycles. The third kappa shape index (κ3) is 9.33. The van der Waals surface area contributed by atoms with Crippen LogP contribution >= 0.6 is 11.6 Å². The van der Waals surface area contributed by atoms with Crippen molar-refractivity contribution >= 4 is 35.4 Å². The molecule has 2 fully saturated rings. The lowest BCUT2D eigenvalue weighted by Crippen LogP contribution is -2.45. The van der Waals surface area contributed by atoms with E-state index in [4.69, 9.17) is 31.5 Å². The zero-order valence-electron chi connectivity index (χ0n) is 29.5. The van der Waals surface area contributed by atoms with Crippen LogP contribution in [0.5, 0.6) is 5.88 Å². The summed E-state index contributed by atoms with van der Waals surface area (Å²) in [5.74, 6) is -0.831. The van der Waals surface area contributed by atoms with Crippen LogP contribution in [-0.4, -0.2) is 106 Å². The predicted octanol–water partition coefficient (Wildman–Crippen LogP) is 5.59. The number of piperidine rings is 1. The Kier molecular flexibility index (Phi) is 11.0. The number of esters is 1. The van der Waals surface area contributed by atoms with Gasteiger partial charge in [-0.25, -0.2) is 14.3 Å². The molecule has 2 atom stereocenters. The SMILES string of the molecule is Cc1ccn(-c2cc(Cl)ccc2[C@@H](Oc2cc(N3CCC4(CC3)CC(C(=O)OCCN(C)C)N(C(=O)OC(C)(C)C)C4)nc(N)n2)C(F)(F)F)n1. The van der Waals surface area contributed by atoms with E-state index in [0.717, 1.165) is 0 Å². The van der Waals surface area contributed by atoms with Crippen molar-refractivity contribution in [2.75, 3.05) is 57.5 Å². The van der Waals surface area contributed by atoms with E-state index in [2.05, 4.69) is 15.1 Å². The summed E-state index contributed by atoms with van der Waals surface area (Å²) in [5.41, 5.74) is 5.30. The summed E-state index contributed by atoms with van der Waals surface area (Å²) < 4.78 is 62.0. The second kappa shape index (κ2) is 14.7. The van der Waals surface area contributed by atoms with Crippen LogP contribution in [0.25, 0.3) is 5.69 Å². The quantitative estimate of drug-likeness (QED) is 0.275. The number of rotatable bonds is 9. The van der Waals surface area contributed by atoms with E-state index in [1.54, 1.807) is 33.8 Å². The molecular weight excluding hydrogens is 693 g/mol. The molecule has 51 heavy (non-hydrogen) atoms. The molecular formula is C34H44ClF3N8O5. The summed E-state index contributed by atoms with van der Waals surface area (Å²) in [4.78, 5) is 40.0. The summed E-state index contributed by atoms with van der Waals surface area (Å²) in [6, 6.07) is 6.15. The molecule has 1 unspecified atom stereocenters. The Morgan fingerprint density at radius 3 is 2.43 bits per heavy atom. The fourth-order valence-corrected chi connectivity index (χ4v) is 6.51. The lowest BCUT2D eigenvalue weighted by molar-refractivity contribution is -0.198. The minimum Gasteiger partial charge on any atom is -0.463 e. The molecule has 4 heterocycles. The van der Waals surface area contributed by atoms with Gasteiger partial charge in [0.2, 0.25) is 17.9 Å². The normalized spacial score (nSPS) is 18.3. The maximum Gasteiger partial charge on any atom is 0.429 e. The molecule has 1 amide bonds. The van der Waals surface area contributed by atoms with Crippen LogP contribution in [0.4, 0.5) is 29.7 Å². The van der Waals surface area contributed by atoms with Gasteiger partial charge in [-0.05, 0) is 84.7 Å². The molecule has 1 aromatic carbocycles. The van der Waals surface area contributed by atoms with Gasteiger partial charge in [0.25, 0.3) is 0 Å². The first-order valence-corrected chi connectivity index (χ1v) is 17.0. The van der Waals surface area contributed by atoms with Gasteiger partial charge < -0.3 is 29.7 Å². The molecule has 13 nitrogen and oxygen atoms in total. The average Bonchev–Trinajstić information content (AvgIpc) is 3.62. The monoisotopic (exact) mass is 736 g/mol. The van der Waals surface area contributed by atoms with Gasteiger partial charge in [-0.2, -0.15) is 28.2 Å². The van der Waals surface area contributed by atoms with E-state index in [-0.39, 0.29) is 47.1 Å². The van der Waals surface area contributed by atoms with Gasteiger partial charge >= 0.3 is 18.2 Å². The second-order valence-corrected chi connectivity index (χ2v) is 14.8. The average molecular weight is 737 g/mol. The lowest BCUT2D eigenvalue weighted by Gasteiger charge is -2.39. The number of nitrogen functional groups attached to an aromatic ring is 1. The number of carbonyl (C=O) groups excluding carboxylic acids is 2. The molecule has 2 saturated heterocycles. The molecule has 0 bridgehead atoms. The van der Waals surface area contributed by atoms with E-state index >= 15 is 0 Å². The number of likely N-dealkylation sites (tertiary alicyclic amines) is 1. The maximum absolute atomic E-state index is 14.6. The highest BCUT2D eigenvalue weighted by molar-refractivity contribution is 6.30.